The number of nitrogens with zero attached hydrogens (tertiary/aromatic N) is 1. The van der Waals surface area contributed by atoms with Crippen LogP contribution in [0.15, 0.2) is 28.6 Å². The molecular weight excluding hydrogens is 312 g/mol. The highest BCUT2D eigenvalue weighted by atomic mass is 32.2. The molecule has 0 bridgehead atoms. The molecule has 0 aliphatic heterocycles. The van der Waals surface area contributed by atoms with Crippen molar-refractivity contribution >= 4 is 39.2 Å². The van der Waals surface area contributed by atoms with Gasteiger partial charge in [-0.2, -0.15) is 0 Å². The zero-order chi connectivity index (χ0) is 15.6. The van der Waals surface area contributed by atoms with Crippen LogP contribution in [0.1, 0.15) is 45.4 Å². The van der Waals surface area contributed by atoms with E-state index in [2.05, 4.69) is 23.3 Å². The molecule has 1 amide bonds. The number of thioether (sulfide) groups is 1. The number of fused-ring (bicyclic) bond motifs is 1. The van der Waals surface area contributed by atoms with Crippen molar-refractivity contribution in [1.82, 2.24) is 10.3 Å². The molecule has 0 aliphatic rings. The molecule has 0 saturated heterocycles. The zero-order valence-corrected chi connectivity index (χ0v) is 14.8. The van der Waals surface area contributed by atoms with Crippen molar-refractivity contribution in [2.75, 3.05) is 12.3 Å². The lowest BCUT2D eigenvalue weighted by molar-refractivity contribution is -0.118. The van der Waals surface area contributed by atoms with Gasteiger partial charge in [-0.1, -0.05) is 62.9 Å². The monoisotopic (exact) mass is 336 g/mol. The van der Waals surface area contributed by atoms with Gasteiger partial charge in [0.2, 0.25) is 5.91 Å². The first-order valence-electron chi connectivity index (χ1n) is 8.04. The van der Waals surface area contributed by atoms with Gasteiger partial charge in [0, 0.05) is 6.54 Å². The lowest BCUT2D eigenvalue weighted by Gasteiger charge is -2.04. The van der Waals surface area contributed by atoms with Gasteiger partial charge < -0.3 is 5.32 Å². The Morgan fingerprint density at radius 1 is 1.18 bits per heavy atom. The molecule has 1 heterocycles. The first-order chi connectivity index (χ1) is 10.8. The van der Waals surface area contributed by atoms with Crippen LogP contribution < -0.4 is 5.32 Å². The van der Waals surface area contributed by atoms with E-state index in [1.54, 1.807) is 11.3 Å². The molecule has 0 unspecified atom stereocenters. The fourth-order valence-corrected chi connectivity index (χ4v) is 4.12. The molecule has 0 atom stereocenters. The van der Waals surface area contributed by atoms with Gasteiger partial charge in [-0.3, -0.25) is 4.79 Å². The fourth-order valence-electron chi connectivity index (χ4n) is 2.22. The minimum absolute atomic E-state index is 0.109. The van der Waals surface area contributed by atoms with Crippen molar-refractivity contribution in [1.29, 1.82) is 0 Å². The highest BCUT2D eigenvalue weighted by Crippen LogP contribution is 2.28. The molecular formula is C17H24N2OS2. The Balaban J connectivity index is 1.59. The van der Waals surface area contributed by atoms with Gasteiger partial charge in [-0.25, -0.2) is 4.98 Å². The number of benzene rings is 1. The van der Waals surface area contributed by atoms with E-state index in [9.17, 15) is 4.79 Å². The average molecular weight is 337 g/mol. The van der Waals surface area contributed by atoms with Crippen LogP contribution in [0.4, 0.5) is 0 Å². The van der Waals surface area contributed by atoms with Gasteiger partial charge in [-0.05, 0) is 18.6 Å². The number of unbranched alkanes of at least 4 members (excludes halogenated alkanes) is 5. The first-order valence-corrected chi connectivity index (χ1v) is 9.85. The number of carbonyl (C=O) groups excluding carboxylic acids is 1. The third-order valence-corrected chi connectivity index (χ3v) is 5.63. The molecule has 1 N–H and O–H groups in total. The average Bonchev–Trinajstić information content (AvgIpc) is 2.95. The van der Waals surface area contributed by atoms with Gasteiger partial charge in [0.05, 0.1) is 16.0 Å². The zero-order valence-electron chi connectivity index (χ0n) is 13.1. The summed E-state index contributed by atoms with van der Waals surface area (Å²) in [7, 11) is 0. The number of amides is 1. The molecule has 1 aromatic heterocycles. The first kappa shape index (κ1) is 17.3. The summed E-state index contributed by atoms with van der Waals surface area (Å²) in [6.45, 7) is 3.02. The lowest BCUT2D eigenvalue weighted by Crippen LogP contribution is -2.26. The van der Waals surface area contributed by atoms with Crippen molar-refractivity contribution in [2.24, 2.45) is 0 Å². The standard InChI is InChI=1S/C17H24N2OS2/c1-2-3-4-5-6-9-12-18-16(20)13-21-17-19-14-10-7-8-11-15(14)22-17/h7-8,10-11H,2-6,9,12-13H2,1H3,(H,18,20). The van der Waals surface area contributed by atoms with Gasteiger partial charge in [-0.15, -0.1) is 11.3 Å². The predicted molar refractivity (Wildman–Crippen MR) is 96.7 cm³/mol. The number of hydrogen-bond donors (Lipinski definition) is 1. The van der Waals surface area contributed by atoms with Crippen LogP contribution in [0.25, 0.3) is 10.2 Å². The number of aromatic nitrogens is 1. The highest BCUT2D eigenvalue weighted by Gasteiger charge is 2.07. The summed E-state index contributed by atoms with van der Waals surface area (Å²) in [5, 5.41) is 2.99. The van der Waals surface area contributed by atoms with Crippen LogP contribution >= 0.6 is 23.1 Å². The normalized spacial score (nSPS) is 11.0. The maximum Gasteiger partial charge on any atom is 0.230 e. The van der Waals surface area contributed by atoms with E-state index in [1.807, 2.05) is 18.2 Å². The second-order valence-corrected chi connectivity index (χ2v) is 7.61. The largest absolute Gasteiger partial charge is 0.355 e. The van der Waals surface area contributed by atoms with Gasteiger partial charge >= 0.3 is 0 Å². The van der Waals surface area contributed by atoms with Crippen LogP contribution in [0.5, 0.6) is 0 Å². The highest BCUT2D eigenvalue weighted by molar-refractivity contribution is 8.01. The van der Waals surface area contributed by atoms with Gasteiger partial charge in [0.15, 0.2) is 4.34 Å². The molecule has 1 aromatic carbocycles. The minimum Gasteiger partial charge on any atom is -0.355 e. The molecule has 3 nitrogen and oxygen atoms in total. The van der Waals surface area contributed by atoms with Crippen LogP contribution in [-0.4, -0.2) is 23.2 Å². The van der Waals surface area contributed by atoms with Crippen molar-refractivity contribution in [3.05, 3.63) is 24.3 Å². The van der Waals surface area contributed by atoms with Crippen molar-refractivity contribution < 1.29 is 4.79 Å². The molecule has 22 heavy (non-hydrogen) atoms. The molecule has 2 rings (SSSR count). The van der Waals surface area contributed by atoms with Crippen LogP contribution in [0, 0.1) is 0 Å². The molecule has 0 fully saturated rings. The number of thiazole rings is 1. The summed E-state index contributed by atoms with van der Waals surface area (Å²) in [6.07, 6.45) is 7.50. The second-order valence-electron chi connectivity index (χ2n) is 5.35. The molecule has 0 saturated carbocycles. The fraction of sp³-hybridized carbons (Fsp3) is 0.529. The molecule has 0 aliphatic carbocycles. The van der Waals surface area contributed by atoms with Crippen molar-refractivity contribution in [3.8, 4) is 0 Å². The minimum atomic E-state index is 0.109. The number of carbonyl (C=O) groups is 1. The maximum absolute atomic E-state index is 11.8. The third-order valence-electron chi connectivity index (χ3n) is 3.45. The Bertz CT molecular complexity index is 550. The Morgan fingerprint density at radius 3 is 2.77 bits per heavy atom. The summed E-state index contributed by atoms with van der Waals surface area (Å²) >= 11 is 3.18. The van der Waals surface area contributed by atoms with Gasteiger partial charge in [0.25, 0.3) is 0 Å². The summed E-state index contributed by atoms with van der Waals surface area (Å²) < 4.78 is 2.15. The van der Waals surface area contributed by atoms with E-state index < -0.39 is 0 Å². The molecule has 5 heteroatoms. The Labute approximate surface area is 140 Å². The summed E-state index contributed by atoms with van der Waals surface area (Å²) in [5.41, 5.74) is 1.02. The maximum atomic E-state index is 11.8. The second kappa shape index (κ2) is 9.85. The molecule has 2 aromatic rings. The van der Waals surface area contributed by atoms with Crippen LogP contribution in [-0.2, 0) is 4.79 Å². The Hall–Kier alpha value is -1.07. The van der Waals surface area contributed by atoms with Crippen LogP contribution in [0.3, 0.4) is 0 Å². The van der Waals surface area contributed by atoms with E-state index in [0.29, 0.717) is 5.75 Å². The Morgan fingerprint density at radius 2 is 1.95 bits per heavy atom. The number of para-hydroxylation sites is 1. The number of rotatable bonds is 10. The van der Waals surface area contributed by atoms with Crippen molar-refractivity contribution in [2.45, 2.75) is 49.8 Å². The van der Waals surface area contributed by atoms with E-state index in [0.717, 1.165) is 22.8 Å². The topological polar surface area (TPSA) is 42.0 Å². The summed E-state index contributed by atoms with van der Waals surface area (Å²) in [6, 6.07) is 8.08. The molecule has 120 valence electrons. The smallest absolute Gasteiger partial charge is 0.230 e. The quantitative estimate of drug-likeness (QED) is 0.497. The van der Waals surface area contributed by atoms with Crippen LogP contribution in [0.2, 0.25) is 0 Å². The van der Waals surface area contributed by atoms with E-state index in [4.69, 9.17) is 0 Å². The Kier molecular flexibility index (Phi) is 7.74. The van der Waals surface area contributed by atoms with Crippen molar-refractivity contribution in [3.63, 3.8) is 0 Å². The lowest BCUT2D eigenvalue weighted by atomic mass is 10.1. The summed E-state index contributed by atoms with van der Waals surface area (Å²) in [5.74, 6) is 0.563. The predicted octanol–water partition coefficient (Wildman–Crippen LogP) is 4.87. The summed E-state index contributed by atoms with van der Waals surface area (Å²) in [4.78, 5) is 16.3. The molecule has 0 spiro atoms. The van der Waals surface area contributed by atoms with E-state index >= 15 is 0 Å². The number of nitrogens with one attached hydrogen (secondary N) is 1. The van der Waals surface area contributed by atoms with E-state index in [-0.39, 0.29) is 5.91 Å². The van der Waals surface area contributed by atoms with Gasteiger partial charge in [0.1, 0.15) is 0 Å². The molecule has 0 radical (unpaired) electrons. The van der Waals surface area contributed by atoms with E-state index in [1.165, 1.54) is 48.6 Å². The SMILES string of the molecule is CCCCCCCCNC(=O)CSc1nc2ccccc2s1. The number of hydrogen-bond acceptors (Lipinski definition) is 4. The third kappa shape index (κ3) is 5.97.